The van der Waals surface area contributed by atoms with Crippen LogP contribution in [0.5, 0.6) is 0 Å². The number of fused-ring (bicyclic) bond motifs is 9. The lowest BCUT2D eigenvalue weighted by Crippen LogP contribution is -2.11. The van der Waals surface area contributed by atoms with Gasteiger partial charge >= 0.3 is 0 Å². The molecule has 0 N–H and O–H groups in total. The van der Waals surface area contributed by atoms with E-state index in [0.29, 0.717) is 0 Å². The second-order valence-corrected chi connectivity index (χ2v) is 18.3. The third-order valence-corrected chi connectivity index (χ3v) is 13.2. The van der Waals surface area contributed by atoms with Gasteiger partial charge in [0.2, 0.25) is 0 Å². The summed E-state index contributed by atoms with van der Waals surface area (Å²) in [4.78, 5) is 4.74. The van der Waals surface area contributed by atoms with Crippen molar-refractivity contribution in [2.24, 2.45) is 0 Å². The maximum Gasteiger partial charge on any atom is 0.159 e. The SMILES string of the molecule is Cc1ccc(-c2ccccc2)cc1N(c1ccccc1)c1ccc2cc3c(cc2c1)-c1cc2ccc(N(c4ccccc4)c4cccc5c4oc4c(C(C)(C)C)cccc45)cc2cc1-3. The summed E-state index contributed by atoms with van der Waals surface area (Å²) in [5.74, 6) is 0. The average Bonchev–Trinajstić information content (AvgIpc) is 3.71. The van der Waals surface area contributed by atoms with E-state index in [0.717, 1.165) is 50.4 Å². The van der Waals surface area contributed by atoms with E-state index in [1.807, 2.05) is 0 Å². The monoisotopic (exact) mass is 822 g/mol. The highest BCUT2D eigenvalue weighted by molar-refractivity contribution is 6.14. The molecule has 1 aliphatic rings. The van der Waals surface area contributed by atoms with Crippen molar-refractivity contribution in [2.75, 3.05) is 9.80 Å². The highest BCUT2D eigenvalue weighted by Crippen LogP contribution is 2.52. The van der Waals surface area contributed by atoms with Gasteiger partial charge in [-0.25, -0.2) is 0 Å². The Labute approximate surface area is 374 Å². The Hall–Kier alpha value is -7.88. The number of anilines is 6. The lowest BCUT2D eigenvalue weighted by Gasteiger charge is -2.29. The number of hydrogen-bond donors (Lipinski definition) is 0. The van der Waals surface area contributed by atoms with Crippen molar-refractivity contribution >= 4 is 77.6 Å². The van der Waals surface area contributed by atoms with Gasteiger partial charge in [-0.15, -0.1) is 0 Å². The zero-order valence-electron chi connectivity index (χ0n) is 36.4. The van der Waals surface area contributed by atoms with Gasteiger partial charge in [0, 0.05) is 44.8 Å². The molecule has 0 bridgehead atoms. The molecule has 0 radical (unpaired) electrons. The molecule has 0 saturated carbocycles. The van der Waals surface area contributed by atoms with Gasteiger partial charge in [0.05, 0.1) is 5.69 Å². The van der Waals surface area contributed by atoms with Crippen molar-refractivity contribution in [1.82, 2.24) is 0 Å². The van der Waals surface area contributed by atoms with Crippen LogP contribution in [0.3, 0.4) is 0 Å². The second-order valence-electron chi connectivity index (χ2n) is 18.3. The van der Waals surface area contributed by atoms with Crippen LogP contribution < -0.4 is 9.80 Å². The molecule has 0 amide bonds. The largest absolute Gasteiger partial charge is 0.454 e. The van der Waals surface area contributed by atoms with Crippen LogP contribution in [0, 0.1) is 6.92 Å². The van der Waals surface area contributed by atoms with Gasteiger partial charge in [0.25, 0.3) is 0 Å². The summed E-state index contributed by atoms with van der Waals surface area (Å²) in [7, 11) is 0. The molecule has 11 aromatic rings. The zero-order valence-corrected chi connectivity index (χ0v) is 36.4. The molecule has 3 heteroatoms. The van der Waals surface area contributed by atoms with Crippen molar-refractivity contribution in [3.63, 3.8) is 0 Å². The van der Waals surface area contributed by atoms with Crippen LogP contribution in [-0.4, -0.2) is 0 Å². The van der Waals surface area contributed by atoms with Gasteiger partial charge in [0.15, 0.2) is 5.58 Å². The van der Waals surface area contributed by atoms with Gasteiger partial charge in [-0.2, -0.15) is 0 Å². The van der Waals surface area contributed by atoms with Crippen molar-refractivity contribution < 1.29 is 4.42 Å². The molecule has 306 valence electrons. The van der Waals surface area contributed by atoms with Crippen LogP contribution in [0.1, 0.15) is 31.9 Å². The molecular weight excluding hydrogens is 777 g/mol. The molecule has 0 atom stereocenters. The third-order valence-electron chi connectivity index (χ3n) is 13.2. The van der Waals surface area contributed by atoms with Crippen LogP contribution in [0.25, 0.3) is 76.9 Å². The first-order valence-electron chi connectivity index (χ1n) is 22.2. The molecule has 0 spiro atoms. The topological polar surface area (TPSA) is 19.6 Å². The Balaban J connectivity index is 0.942. The van der Waals surface area contributed by atoms with Crippen molar-refractivity contribution in [3.05, 3.63) is 217 Å². The third kappa shape index (κ3) is 6.19. The molecular formula is C61H46N2O. The molecule has 0 unspecified atom stereocenters. The lowest BCUT2D eigenvalue weighted by atomic mass is 9.78. The van der Waals surface area contributed by atoms with Crippen LogP contribution in [-0.2, 0) is 5.41 Å². The number of rotatable bonds is 7. The summed E-state index contributed by atoms with van der Waals surface area (Å²) in [6.07, 6.45) is 0. The molecule has 64 heavy (non-hydrogen) atoms. The van der Waals surface area contributed by atoms with Gasteiger partial charge < -0.3 is 14.2 Å². The summed E-state index contributed by atoms with van der Waals surface area (Å²) >= 11 is 0. The van der Waals surface area contributed by atoms with E-state index in [2.05, 4.69) is 244 Å². The van der Waals surface area contributed by atoms with E-state index in [1.165, 1.54) is 71.7 Å². The normalized spacial score (nSPS) is 12.1. The fourth-order valence-electron chi connectivity index (χ4n) is 9.92. The Bertz CT molecular complexity index is 3600. The van der Waals surface area contributed by atoms with Crippen molar-refractivity contribution in [3.8, 4) is 33.4 Å². The molecule has 1 aromatic heterocycles. The minimum atomic E-state index is -0.0563. The molecule has 0 saturated heterocycles. The minimum absolute atomic E-state index is 0.0563. The van der Waals surface area contributed by atoms with Crippen molar-refractivity contribution in [1.29, 1.82) is 0 Å². The second kappa shape index (κ2) is 14.6. The first-order chi connectivity index (χ1) is 31.3. The average molecular weight is 823 g/mol. The van der Waals surface area contributed by atoms with Gasteiger partial charge in [-0.05, 0) is 158 Å². The summed E-state index contributed by atoms with van der Waals surface area (Å²) < 4.78 is 6.92. The van der Waals surface area contributed by atoms with Crippen molar-refractivity contribution in [2.45, 2.75) is 33.1 Å². The van der Waals surface area contributed by atoms with Gasteiger partial charge in [-0.3, -0.25) is 0 Å². The lowest BCUT2D eigenvalue weighted by molar-refractivity contribution is 0.573. The van der Waals surface area contributed by atoms with Crippen LogP contribution in [0.4, 0.5) is 34.1 Å². The van der Waals surface area contributed by atoms with E-state index in [9.17, 15) is 0 Å². The van der Waals surface area contributed by atoms with Crippen LogP contribution in [0.15, 0.2) is 211 Å². The Morgan fingerprint density at radius 3 is 1.42 bits per heavy atom. The maximum atomic E-state index is 6.92. The summed E-state index contributed by atoms with van der Waals surface area (Å²) in [6.45, 7) is 8.96. The molecule has 0 fully saturated rings. The predicted molar refractivity (Wildman–Crippen MR) is 271 cm³/mol. The molecule has 1 heterocycles. The fraction of sp³-hybridized carbons (Fsp3) is 0.0820. The highest BCUT2D eigenvalue weighted by Gasteiger charge is 2.27. The molecule has 0 aliphatic heterocycles. The van der Waals surface area contributed by atoms with E-state index >= 15 is 0 Å². The number of benzene rings is 10. The van der Waals surface area contributed by atoms with Crippen LogP contribution in [0.2, 0.25) is 0 Å². The number of furan rings is 1. The highest BCUT2D eigenvalue weighted by atomic mass is 16.3. The summed E-state index contributed by atoms with van der Waals surface area (Å²) in [5, 5.41) is 7.15. The Morgan fingerprint density at radius 1 is 0.359 bits per heavy atom. The first-order valence-corrected chi connectivity index (χ1v) is 22.2. The number of aryl methyl sites for hydroxylation is 1. The standard InChI is InChI=1S/C61H46N2O/c1-39-26-27-43(40-16-8-5-9-17-40)38-58(39)63(47-20-12-7-13-21-47)49-31-29-42-35-53-54-36-44-32-48(30-28-41(44)34-52(54)55(53)37-45(42)33-49)62(46-18-10-6-11-19-46)57-25-15-23-51-50-22-14-24-56(61(2,3)4)59(50)64-60(51)57/h5-38H,1-4H3. The Morgan fingerprint density at radius 2 is 0.859 bits per heavy atom. The number of nitrogens with zero attached hydrogens (tertiary/aromatic N) is 2. The van der Waals surface area contributed by atoms with E-state index in [4.69, 9.17) is 4.42 Å². The van der Waals surface area contributed by atoms with E-state index in [1.54, 1.807) is 0 Å². The van der Waals surface area contributed by atoms with Crippen LogP contribution >= 0.6 is 0 Å². The first kappa shape index (κ1) is 37.8. The molecule has 12 rings (SSSR count). The fourth-order valence-corrected chi connectivity index (χ4v) is 9.92. The molecule has 1 aliphatic carbocycles. The van der Waals surface area contributed by atoms with E-state index in [-0.39, 0.29) is 5.41 Å². The Kier molecular flexibility index (Phi) is 8.64. The quantitative estimate of drug-likeness (QED) is 0.160. The minimum Gasteiger partial charge on any atom is -0.454 e. The number of para-hydroxylation sites is 4. The molecule has 10 aromatic carbocycles. The summed E-state index contributed by atoms with van der Waals surface area (Å²) in [6, 6.07) is 75.2. The predicted octanol–water partition coefficient (Wildman–Crippen LogP) is 17.8. The maximum absolute atomic E-state index is 6.92. The summed E-state index contributed by atoms with van der Waals surface area (Å²) in [5.41, 5.74) is 18.5. The molecule has 3 nitrogen and oxygen atoms in total. The number of hydrogen-bond acceptors (Lipinski definition) is 3. The smallest absolute Gasteiger partial charge is 0.159 e. The zero-order chi connectivity index (χ0) is 43.1. The van der Waals surface area contributed by atoms with E-state index < -0.39 is 0 Å². The van der Waals surface area contributed by atoms with Gasteiger partial charge in [-0.1, -0.05) is 142 Å². The van der Waals surface area contributed by atoms with Gasteiger partial charge in [0.1, 0.15) is 5.58 Å².